The summed E-state index contributed by atoms with van der Waals surface area (Å²) in [5.41, 5.74) is 8.67. The molecule has 0 unspecified atom stereocenters. The van der Waals surface area contributed by atoms with Gasteiger partial charge in [-0.05, 0) is 36.8 Å². The van der Waals surface area contributed by atoms with Gasteiger partial charge in [-0.1, -0.05) is 18.2 Å². The van der Waals surface area contributed by atoms with Gasteiger partial charge in [0, 0.05) is 23.1 Å². The summed E-state index contributed by atoms with van der Waals surface area (Å²) in [4.78, 5) is 3.34. The third-order valence-corrected chi connectivity index (χ3v) is 3.53. The zero-order valence-electron chi connectivity index (χ0n) is 8.74. The van der Waals surface area contributed by atoms with Crippen LogP contribution < -0.4 is 5.73 Å². The molecule has 1 fully saturated rings. The van der Waals surface area contributed by atoms with Crippen molar-refractivity contribution in [2.45, 2.75) is 31.2 Å². The lowest BCUT2D eigenvalue weighted by atomic mass is 9.97. The molecule has 0 bridgehead atoms. The van der Waals surface area contributed by atoms with Crippen molar-refractivity contribution in [1.82, 2.24) is 4.98 Å². The second-order valence-electron chi connectivity index (χ2n) is 4.56. The van der Waals surface area contributed by atoms with Crippen LogP contribution in [0.25, 0.3) is 10.9 Å². The lowest BCUT2D eigenvalue weighted by molar-refractivity contribution is 0.677. The first-order valence-corrected chi connectivity index (χ1v) is 5.66. The Bertz CT molecular complexity index is 472. The zero-order chi connectivity index (χ0) is 10.3. The van der Waals surface area contributed by atoms with Crippen molar-refractivity contribution in [2.75, 3.05) is 0 Å². The summed E-state index contributed by atoms with van der Waals surface area (Å²) >= 11 is 0. The van der Waals surface area contributed by atoms with Crippen molar-refractivity contribution >= 4 is 10.9 Å². The van der Waals surface area contributed by atoms with Crippen LogP contribution in [-0.4, -0.2) is 11.0 Å². The quantitative estimate of drug-likeness (QED) is 0.730. The largest absolute Gasteiger partial charge is 0.361 e. The van der Waals surface area contributed by atoms with Crippen LogP contribution in [0.15, 0.2) is 30.5 Å². The van der Waals surface area contributed by atoms with E-state index in [9.17, 15) is 0 Å². The molecule has 0 amide bonds. The Morgan fingerprint density at radius 3 is 2.87 bits per heavy atom. The van der Waals surface area contributed by atoms with Crippen LogP contribution in [0.2, 0.25) is 0 Å². The Kier molecular flexibility index (Phi) is 2.03. The summed E-state index contributed by atoms with van der Waals surface area (Å²) < 4.78 is 0. The number of para-hydroxylation sites is 1. The molecular formula is C13H16N2. The van der Waals surface area contributed by atoms with Crippen LogP contribution in [0.1, 0.15) is 30.7 Å². The molecule has 0 aliphatic heterocycles. The Balaban J connectivity index is 2.04. The second-order valence-corrected chi connectivity index (χ2v) is 4.56. The third-order valence-electron chi connectivity index (χ3n) is 3.53. The average Bonchev–Trinajstić information content (AvgIpc) is 2.83. The van der Waals surface area contributed by atoms with Crippen LogP contribution in [0.5, 0.6) is 0 Å². The molecule has 1 aromatic carbocycles. The van der Waals surface area contributed by atoms with E-state index >= 15 is 0 Å². The molecule has 1 aliphatic rings. The standard InChI is InChI=1S/C13H16N2/c14-10-6-5-9(7-10)12-8-15-13-4-2-1-3-11(12)13/h1-4,8-10,15H,5-7,14H2/t9-,10-/m1/s1. The number of nitrogens with one attached hydrogen (secondary N) is 1. The van der Waals surface area contributed by atoms with Crippen molar-refractivity contribution in [2.24, 2.45) is 5.73 Å². The summed E-state index contributed by atoms with van der Waals surface area (Å²) in [6.07, 6.45) is 5.71. The van der Waals surface area contributed by atoms with E-state index in [0.29, 0.717) is 12.0 Å². The van der Waals surface area contributed by atoms with Crippen LogP contribution in [-0.2, 0) is 0 Å². The third kappa shape index (κ3) is 1.45. The number of hydrogen-bond donors (Lipinski definition) is 2. The van der Waals surface area contributed by atoms with Gasteiger partial charge in [0.15, 0.2) is 0 Å². The molecule has 15 heavy (non-hydrogen) atoms. The second kappa shape index (κ2) is 3.38. The van der Waals surface area contributed by atoms with Crippen molar-refractivity contribution < 1.29 is 0 Å². The topological polar surface area (TPSA) is 41.8 Å². The fourth-order valence-electron chi connectivity index (χ4n) is 2.73. The normalized spacial score (nSPS) is 26.2. The van der Waals surface area contributed by atoms with Gasteiger partial charge in [0.1, 0.15) is 0 Å². The Morgan fingerprint density at radius 2 is 2.07 bits per heavy atom. The molecule has 1 aromatic heterocycles. The van der Waals surface area contributed by atoms with Gasteiger partial charge in [-0.2, -0.15) is 0 Å². The van der Waals surface area contributed by atoms with Gasteiger partial charge < -0.3 is 10.7 Å². The van der Waals surface area contributed by atoms with Gasteiger partial charge in [-0.15, -0.1) is 0 Å². The van der Waals surface area contributed by atoms with Crippen molar-refractivity contribution in [3.8, 4) is 0 Å². The SMILES string of the molecule is N[C@@H]1CC[C@@H](c2c[nH]c3ccccc23)C1. The Labute approximate surface area is 89.5 Å². The highest BCUT2D eigenvalue weighted by Gasteiger charge is 2.24. The number of rotatable bonds is 1. The van der Waals surface area contributed by atoms with Crippen LogP contribution >= 0.6 is 0 Å². The molecule has 2 heteroatoms. The van der Waals surface area contributed by atoms with Gasteiger partial charge in [0.25, 0.3) is 0 Å². The van der Waals surface area contributed by atoms with E-state index < -0.39 is 0 Å². The molecule has 2 atom stereocenters. The summed E-state index contributed by atoms with van der Waals surface area (Å²) in [7, 11) is 0. The Hall–Kier alpha value is -1.28. The molecule has 3 N–H and O–H groups in total. The molecule has 2 aromatic rings. The molecule has 78 valence electrons. The summed E-state index contributed by atoms with van der Waals surface area (Å²) in [5.74, 6) is 0.663. The van der Waals surface area contributed by atoms with E-state index in [0.717, 1.165) is 6.42 Å². The van der Waals surface area contributed by atoms with Crippen LogP contribution in [0.4, 0.5) is 0 Å². The highest BCUT2D eigenvalue weighted by Crippen LogP contribution is 2.36. The highest BCUT2D eigenvalue weighted by atomic mass is 14.7. The lowest BCUT2D eigenvalue weighted by Gasteiger charge is -2.07. The monoisotopic (exact) mass is 200 g/mol. The maximum Gasteiger partial charge on any atom is 0.0456 e. The molecule has 3 rings (SSSR count). The van der Waals surface area contributed by atoms with E-state index in [2.05, 4.69) is 35.4 Å². The zero-order valence-corrected chi connectivity index (χ0v) is 8.74. The van der Waals surface area contributed by atoms with E-state index in [1.165, 1.54) is 29.3 Å². The van der Waals surface area contributed by atoms with Crippen molar-refractivity contribution in [3.63, 3.8) is 0 Å². The number of aromatic nitrogens is 1. The molecule has 0 saturated heterocycles. The van der Waals surface area contributed by atoms with Crippen molar-refractivity contribution in [3.05, 3.63) is 36.0 Å². The number of H-pyrrole nitrogens is 1. The van der Waals surface area contributed by atoms with Gasteiger partial charge in [0.05, 0.1) is 0 Å². The Morgan fingerprint density at radius 1 is 1.20 bits per heavy atom. The minimum absolute atomic E-state index is 0.406. The van der Waals surface area contributed by atoms with Crippen molar-refractivity contribution in [1.29, 1.82) is 0 Å². The van der Waals surface area contributed by atoms with E-state index in [4.69, 9.17) is 5.73 Å². The maximum atomic E-state index is 5.97. The number of fused-ring (bicyclic) bond motifs is 1. The van der Waals surface area contributed by atoms with E-state index in [1.807, 2.05) is 0 Å². The first-order chi connectivity index (χ1) is 7.34. The van der Waals surface area contributed by atoms with Gasteiger partial charge in [-0.3, -0.25) is 0 Å². The number of hydrogen-bond acceptors (Lipinski definition) is 1. The highest BCUT2D eigenvalue weighted by molar-refractivity contribution is 5.83. The fourth-order valence-corrected chi connectivity index (χ4v) is 2.73. The molecule has 1 aliphatic carbocycles. The number of nitrogens with two attached hydrogens (primary N) is 1. The molecule has 0 spiro atoms. The van der Waals surface area contributed by atoms with Gasteiger partial charge in [-0.25, -0.2) is 0 Å². The number of aromatic amines is 1. The number of benzene rings is 1. The smallest absolute Gasteiger partial charge is 0.0456 e. The predicted molar refractivity (Wildman–Crippen MR) is 62.9 cm³/mol. The molecule has 2 nitrogen and oxygen atoms in total. The summed E-state index contributed by atoms with van der Waals surface area (Å²) in [6.45, 7) is 0. The van der Waals surface area contributed by atoms with Crippen LogP contribution in [0.3, 0.4) is 0 Å². The van der Waals surface area contributed by atoms with E-state index in [1.54, 1.807) is 0 Å². The van der Waals surface area contributed by atoms with Gasteiger partial charge >= 0.3 is 0 Å². The minimum Gasteiger partial charge on any atom is -0.361 e. The minimum atomic E-state index is 0.406. The fraction of sp³-hybridized carbons (Fsp3) is 0.385. The average molecular weight is 200 g/mol. The summed E-state index contributed by atoms with van der Waals surface area (Å²) in [5, 5.41) is 1.37. The lowest BCUT2D eigenvalue weighted by Crippen LogP contribution is -2.14. The first kappa shape index (κ1) is 8.98. The van der Waals surface area contributed by atoms with Gasteiger partial charge in [0.2, 0.25) is 0 Å². The molecular weight excluding hydrogens is 184 g/mol. The van der Waals surface area contributed by atoms with E-state index in [-0.39, 0.29) is 0 Å². The first-order valence-electron chi connectivity index (χ1n) is 5.66. The molecule has 1 saturated carbocycles. The predicted octanol–water partition coefficient (Wildman–Crippen LogP) is 2.76. The molecule has 0 radical (unpaired) electrons. The van der Waals surface area contributed by atoms with Crippen LogP contribution in [0, 0.1) is 0 Å². The maximum absolute atomic E-state index is 5.97. The summed E-state index contributed by atoms with van der Waals surface area (Å²) in [6, 6.07) is 8.92. The molecule has 1 heterocycles.